The molecule has 0 spiro atoms. The maximum Gasteiger partial charge on any atom is 0.258 e. The first kappa shape index (κ1) is 9.28. The molecule has 0 saturated carbocycles. The Morgan fingerprint density at radius 3 is 2.50 bits per heavy atom. The number of carbonyl (C=O) groups excluding carboxylic acids is 1. The van der Waals surface area contributed by atoms with Gasteiger partial charge in [0, 0.05) is 29.2 Å². The Bertz CT molecular complexity index is 365. The molecule has 1 aliphatic heterocycles. The normalized spacial score (nSPS) is 14.8. The third-order valence-corrected chi connectivity index (χ3v) is 2.52. The van der Waals surface area contributed by atoms with Crippen molar-refractivity contribution in [3.05, 3.63) is 42.0 Å². The average molecular weight is 208 g/mol. The van der Waals surface area contributed by atoms with Gasteiger partial charge in [0.2, 0.25) is 0 Å². The molecule has 0 radical (unpaired) electrons. The molecule has 3 heteroatoms. The summed E-state index contributed by atoms with van der Waals surface area (Å²) in [5, 5.41) is 0. The van der Waals surface area contributed by atoms with Gasteiger partial charge in [0.15, 0.2) is 0 Å². The van der Waals surface area contributed by atoms with Crippen molar-refractivity contribution in [1.82, 2.24) is 4.90 Å². The van der Waals surface area contributed by atoms with Gasteiger partial charge in [-0.15, -0.1) is 11.6 Å². The summed E-state index contributed by atoms with van der Waals surface area (Å²) in [7, 11) is 0. The van der Waals surface area contributed by atoms with Crippen LogP contribution in [0.15, 0.2) is 30.8 Å². The Hall–Kier alpha value is -1.28. The zero-order chi connectivity index (χ0) is 10.1. The second-order valence-electron chi connectivity index (χ2n) is 3.14. The van der Waals surface area contributed by atoms with Gasteiger partial charge in [0.1, 0.15) is 0 Å². The third-order valence-electron chi connectivity index (χ3n) is 2.35. The van der Waals surface area contributed by atoms with Crippen molar-refractivity contribution < 1.29 is 4.79 Å². The van der Waals surface area contributed by atoms with E-state index in [1.807, 2.05) is 24.3 Å². The standard InChI is InChI=1S/C11H10ClNO/c1-8-9-4-2-3-5-10(9)11(14)13(8)7-6-12/h2-5H,1,6-7H2. The fraction of sp³-hybridized carbons (Fsp3) is 0.182. The van der Waals surface area contributed by atoms with Crippen LogP contribution in [0.2, 0.25) is 0 Å². The van der Waals surface area contributed by atoms with Crippen LogP contribution in [0, 0.1) is 0 Å². The fourth-order valence-corrected chi connectivity index (χ4v) is 1.82. The first-order valence-corrected chi connectivity index (χ1v) is 4.95. The van der Waals surface area contributed by atoms with E-state index in [1.165, 1.54) is 0 Å². The van der Waals surface area contributed by atoms with E-state index in [0.717, 1.165) is 16.8 Å². The molecule has 0 fully saturated rings. The molecule has 0 atom stereocenters. The Kier molecular flexibility index (Phi) is 2.30. The van der Waals surface area contributed by atoms with Crippen molar-refractivity contribution in [2.75, 3.05) is 12.4 Å². The largest absolute Gasteiger partial charge is 0.307 e. The molecule has 0 aromatic heterocycles. The van der Waals surface area contributed by atoms with Crippen molar-refractivity contribution in [2.24, 2.45) is 0 Å². The van der Waals surface area contributed by atoms with Gasteiger partial charge in [-0.2, -0.15) is 0 Å². The van der Waals surface area contributed by atoms with E-state index >= 15 is 0 Å². The summed E-state index contributed by atoms with van der Waals surface area (Å²) >= 11 is 5.62. The second kappa shape index (κ2) is 3.46. The summed E-state index contributed by atoms with van der Waals surface area (Å²) in [5.74, 6) is 0.435. The van der Waals surface area contributed by atoms with Crippen LogP contribution in [0.3, 0.4) is 0 Å². The molecule has 1 heterocycles. The van der Waals surface area contributed by atoms with Gasteiger partial charge in [-0.1, -0.05) is 24.8 Å². The molecule has 72 valence electrons. The lowest BCUT2D eigenvalue weighted by Crippen LogP contribution is -2.24. The summed E-state index contributed by atoms with van der Waals surface area (Å²) in [6.45, 7) is 4.41. The first-order chi connectivity index (χ1) is 6.75. The highest BCUT2D eigenvalue weighted by Crippen LogP contribution is 2.30. The fourth-order valence-electron chi connectivity index (χ4n) is 1.66. The highest BCUT2D eigenvalue weighted by Gasteiger charge is 2.29. The lowest BCUT2D eigenvalue weighted by Gasteiger charge is -2.14. The van der Waals surface area contributed by atoms with Gasteiger partial charge in [0.05, 0.1) is 0 Å². The summed E-state index contributed by atoms with van der Waals surface area (Å²) in [6, 6.07) is 7.48. The summed E-state index contributed by atoms with van der Waals surface area (Å²) in [6.07, 6.45) is 0. The molecular weight excluding hydrogens is 198 g/mol. The van der Waals surface area contributed by atoms with Crippen LogP contribution in [0.5, 0.6) is 0 Å². The van der Waals surface area contributed by atoms with Crippen LogP contribution in [-0.4, -0.2) is 23.2 Å². The molecule has 1 aliphatic rings. The van der Waals surface area contributed by atoms with Crippen LogP contribution in [0.4, 0.5) is 0 Å². The molecule has 2 nitrogen and oxygen atoms in total. The Balaban J connectivity index is 2.43. The van der Waals surface area contributed by atoms with Crippen LogP contribution in [-0.2, 0) is 0 Å². The van der Waals surface area contributed by atoms with Gasteiger partial charge in [-0.05, 0) is 6.07 Å². The Labute approximate surface area is 87.8 Å². The molecule has 1 amide bonds. The molecule has 0 unspecified atom stereocenters. The van der Waals surface area contributed by atoms with Gasteiger partial charge in [0.25, 0.3) is 5.91 Å². The minimum Gasteiger partial charge on any atom is -0.307 e. The van der Waals surface area contributed by atoms with E-state index in [2.05, 4.69) is 6.58 Å². The number of alkyl halides is 1. The van der Waals surface area contributed by atoms with Gasteiger partial charge >= 0.3 is 0 Å². The van der Waals surface area contributed by atoms with E-state index in [1.54, 1.807) is 4.90 Å². The summed E-state index contributed by atoms with van der Waals surface area (Å²) in [5.41, 5.74) is 2.40. The van der Waals surface area contributed by atoms with Gasteiger partial charge < -0.3 is 4.90 Å². The van der Waals surface area contributed by atoms with Crippen molar-refractivity contribution in [2.45, 2.75) is 0 Å². The Morgan fingerprint density at radius 1 is 1.29 bits per heavy atom. The number of fused-ring (bicyclic) bond motifs is 1. The first-order valence-electron chi connectivity index (χ1n) is 4.42. The predicted octanol–water partition coefficient (Wildman–Crippen LogP) is 2.35. The number of carbonyl (C=O) groups is 1. The average Bonchev–Trinajstić information content (AvgIpc) is 2.45. The van der Waals surface area contributed by atoms with E-state index in [-0.39, 0.29) is 5.91 Å². The third kappa shape index (κ3) is 1.23. The number of hydrogen-bond donors (Lipinski definition) is 0. The second-order valence-corrected chi connectivity index (χ2v) is 3.52. The van der Waals surface area contributed by atoms with Crippen molar-refractivity contribution in [1.29, 1.82) is 0 Å². The van der Waals surface area contributed by atoms with Crippen LogP contribution < -0.4 is 0 Å². The number of hydrogen-bond acceptors (Lipinski definition) is 1. The molecule has 0 bridgehead atoms. The van der Waals surface area contributed by atoms with Crippen LogP contribution in [0.25, 0.3) is 5.70 Å². The molecule has 0 N–H and O–H groups in total. The topological polar surface area (TPSA) is 20.3 Å². The lowest BCUT2D eigenvalue weighted by atomic mass is 10.1. The summed E-state index contributed by atoms with van der Waals surface area (Å²) < 4.78 is 0. The van der Waals surface area contributed by atoms with Crippen molar-refractivity contribution >= 4 is 23.2 Å². The van der Waals surface area contributed by atoms with Crippen molar-refractivity contribution in [3.63, 3.8) is 0 Å². The SMILES string of the molecule is C=C1c2ccccc2C(=O)N1CCCl. The van der Waals surface area contributed by atoms with Crippen LogP contribution in [0.1, 0.15) is 15.9 Å². The minimum absolute atomic E-state index is 0.00579. The van der Waals surface area contributed by atoms with Gasteiger partial charge in [-0.25, -0.2) is 0 Å². The molecule has 14 heavy (non-hydrogen) atoms. The number of nitrogens with zero attached hydrogens (tertiary/aromatic N) is 1. The summed E-state index contributed by atoms with van der Waals surface area (Å²) in [4.78, 5) is 13.4. The lowest BCUT2D eigenvalue weighted by molar-refractivity contribution is 0.0857. The minimum atomic E-state index is 0.00579. The van der Waals surface area contributed by atoms with E-state index in [0.29, 0.717) is 12.4 Å². The number of halogens is 1. The zero-order valence-electron chi connectivity index (χ0n) is 7.66. The smallest absolute Gasteiger partial charge is 0.258 e. The highest BCUT2D eigenvalue weighted by molar-refractivity contribution is 6.18. The molecule has 0 aliphatic carbocycles. The highest BCUT2D eigenvalue weighted by atomic mass is 35.5. The van der Waals surface area contributed by atoms with Crippen LogP contribution >= 0.6 is 11.6 Å². The van der Waals surface area contributed by atoms with E-state index in [4.69, 9.17) is 11.6 Å². The molecule has 2 rings (SSSR count). The Morgan fingerprint density at radius 2 is 1.93 bits per heavy atom. The van der Waals surface area contributed by atoms with E-state index < -0.39 is 0 Å². The molecular formula is C11H10ClNO. The quantitative estimate of drug-likeness (QED) is 0.682. The number of rotatable bonds is 2. The van der Waals surface area contributed by atoms with Crippen molar-refractivity contribution in [3.8, 4) is 0 Å². The predicted molar refractivity (Wildman–Crippen MR) is 57.2 cm³/mol. The maximum absolute atomic E-state index is 11.8. The monoisotopic (exact) mass is 207 g/mol. The molecule has 1 aromatic carbocycles. The number of amides is 1. The zero-order valence-corrected chi connectivity index (χ0v) is 8.42. The van der Waals surface area contributed by atoms with Gasteiger partial charge in [-0.3, -0.25) is 4.79 Å². The maximum atomic E-state index is 11.8. The molecule has 1 aromatic rings. The number of benzene rings is 1. The molecule has 0 saturated heterocycles. The van der Waals surface area contributed by atoms with E-state index in [9.17, 15) is 4.79 Å².